The second-order valence-corrected chi connectivity index (χ2v) is 7.45. The fraction of sp³-hybridized carbons (Fsp3) is 0.545. The highest BCUT2D eigenvalue weighted by molar-refractivity contribution is 6.02. The van der Waals surface area contributed by atoms with Gasteiger partial charge in [0.1, 0.15) is 0 Å². The zero-order valence-electron chi connectivity index (χ0n) is 16.1. The third kappa shape index (κ3) is 5.20. The van der Waals surface area contributed by atoms with Gasteiger partial charge in [-0.1, -0.05) is 68.7 Å². The fourth-order valence-corrected chi connectivity index (χ4v) is 3.16. The number of carbonyl (C=O) groups excluding carboxylic acids is 2. The first-order valence-corrected chi connectivity index (χ1v) is 9.55. The first-order chi connectivity index (χ1) is 12.4. The van der Waals surface area contributed by atoms with Crippen molar-refractivity contribution in [1.29, 1.82) is 0 Å². The molecule has 0 spiro atoms. The fourth-order valence-electron chi connectivity index (χ4n) is 3.16. The molecule has 0 atom stereocenters. The lowest BCUT2D eigenvalue weighted by Crippen LogP contribution is -2.54. The van der Waals surface area contributed by atoms with Crippen LogP contribution in [0.25, 0.3) is 0 Å². The molecule has 142 valence electrons. The number of benzene rings is 1. The lowest BCUT2D eigenvalue weighted by Gasteiger charge is -2.40. The van der Waals surface area contributed by atoms with Crippen LogP contribution in [-0.2, 0) is 25.5 Å². The summed E-state index contributed by atoms with van der Waals surface area (Å²) < 4.78 is 10.9. The molecule has 1 aromatic carbocycles. The van der Waals surface area contributed by atoms with E-state index in [0.717, 1.165) is 18.4 Å². The number of carbonyl (C=O) groups is 2. The van der Waals surface area contributed by atoms with Gasteiger partial charge in [0, 0.05) is 13.8 Å². The Bertz CT molecular complexity index is 611. The summed E-state index contributed by atoms with van der Waals surface area (Å²) in [6.45, 7) is 5.35. The monoisotopic (exact) mass is 358 g/mol. The Morgan fingerprint density at radius 3 is 2.19 bits per heavy atom. The molecule has 1 aliphatic rings. The standard InChI is InChI=1S/C22H30O4/c1-4-5-6-7-8-9-13-16-22(17-18-14-11-10-12-15-18)19(23)25-21(2,3)26-20(22)24/h9-15H,4-8,16-17H2,1-3H3/b13-9+. The second-order valence-electron chi connectivity index (χ2n) is 7.45. The minimum Gasteiger partial charge on any atom is -0.422 e. The average molecular weight is 358 g/mol. The van der Waals surface area contributed by atoms with Gasteiger partial charge in [-0.15, -0.1) is 0 Å². The van der Waals surface area contributed by atoms with Gasteiger partial charge in [0.05, 0.1) is 0 Å². The molecule has 0 saturated carbocycles. The molecule has 4 heteroatoms. The Balaban J connectivity index is 2.13. The van der Waals surface area contributed by atoms with Crippen molar-refractivity contribution in [1.82, 2.24) is 0 Å². The lowest BCUT2D eigenvalue weighted by molar-refractivity contribution is -0.250. The van der Waals surface area contributed by atoms with E-state index < -0.39 is 23.1 Å². The third-order valence-electron chi connectivity index (χ3n) is 4.66. The number of hydrogen-bond acceptors (Lipinski definition) is 4. The van der Waals surface area contributed by atoms with Crippen LogP contribution in [0.3, 0.4) is 0 Å². The minimum absolute atomic E-state index is 0.280. The summed E-state index contributed by atoms with van der Waals surface area (Å²) >= 11 is 0. The van der Waals surface area contributed by atoms with E-state index in [1.165, 1.54) is 19.3 Å². The summed E-state index contributed by atoms with van der Waals surface area (Å²) in [5.41, 5.74) is -0.394. The quantitative estimate of drug-likeness (QED) is 0.271. The molecule has 0 unspecified atom stereocenters. The van der Waals surface area contributed by atoms with Gasteiger partial charge in [-0.05, 0) is 31.2 Å². The van der Waals surface area contributed by atoms with Crippen molar-refractivity contribution in [3.05, 3.63) is 48.0 Å². The Hall–Kier alpha value is -2.10. The van der Waals surface area contributed by atoms with E-state index in [1.807, 2.05) is 36.4 Å². The number of unbranched alkanes of at least 4 members (excludes halogenated alkanes) is 4. The molecule has 0 N–H and O–H groups in total. The van der Waals surface area contributed by atoms with E-state index in [2.05, 4.69) is 13.0 Å². The van der Waals surface area contributed by atoms with E-state index in [0.29, 0.717) is 6.42 Å². The zero-order valence-corrected chi connectivity index (χ0v) is 16.1. The smallest absolute Gasteiger partial charge is 0.327 e. The highest BCUT2D eigenvalue weighted by Gasteiger charge is 2.55. The van der Waals surface area contributed by atoms with E-state index >= 15 is 0 Å². The first kappa shape index (κ1) is 20.2. The van der Waals surface area contributed by atoms with Crippen molar-refractivity contribution in [3.63, 3.8) is 0 Å². The van der Waals surface area contributed by atoms with Crippen molar-refractivity contribution in [3.8, 4) is 0 Å². The number of cyclic esters (lactones) is 2. The summed E-state index contributed by atoms with van der Waals surface area (Å²) in [7, 11) is 0. The van der Waals surface area contributed by atoms with Crippen LogP contribution in [0.2, 0.25) is 0 Å². The molecule has 0 amide bonds. The highest BCUT2D eigenvalue weighted by Crippen LogP contribution is 2.38. The maximum absolute atomic E-state index is 12.8. The highest BCUT2D eigenvalue weighted by atomic mass is 16.7. The maximum Gasteiger partial charge on any atom is 0.327 e. The van der Waals surface area contributed by atoms with Crippen molar-refractivity contribution in [2.45, 2.75) is 71.5 Å². The van der Waals surface area contributed by atoms with Crippen LogP contribution >= 0.6 is 0 Å². The predicted octanol–water partition coefficient (Wildman–Crippen LogP) is 4.97. The number of hydrogen-bond donors (Lipinski definition) is 0. The van der Waals surface area contributed by atoms with E-state index in [-0.39, 0.29) is 6.42 Å². The number of ether oxygens (including phenoxy) is 2. The summed E-state index contributed by atoms with van der Waals surface area (Å²) in [4.78, 5) is 25.6. The van der Waals surface area contributed by atoms with Gasteiger partial charge >= 0.3 is 11.9 Å². The van der Waals surface area contributed by atoms with Gasteiger partial charge in [0.25, 0.3) is 5.79 Å². The molecule has 1 aromatic rings. The van der Waals surface area contributed by atoms with Crippen molar-refractivity contribution < 1.29 is 19.1 Å². The molecule has 1 aliphatic heterocycles. The number of rotatable bonds is 9. The normalized spacial score (nSPS) is 18.6. The molecule has 0 aliphatic carbocycles. The van der Waals surface area contributed by atoms with Crippen LogP contribution < -0.4 is 0 Å². The largest absolute Gasteiger partial charge is 0.422 e. The Morgan fingerprint density at radius 2 is 1.58 bits per heavy atom. The molecular weight excluding hydrogens is 328 g/mol. The van der Waals surface area contributed by atoms with Gasteiger partial charge in [-0.2, -0.15) is 0 Å². The molecular formula is C22H30O4. The maximum atomic E-state index is 12.8. The van der Waals surface area contributed by atoms with Crippen LogP contribution in [0.1, 0.15) is 64.9 Å². The Labute approximate surface area is 156 Å². The molecule has 2 rings (SSSR count). The first-order valence-electron chi connectivity index (χ1n) is 9.55. The van der Waals surface area contributed by atoms with Gasteiger partial charge in [0.15, 0.2) is 5.41 Å². The summed E-state index contributed by atoms with van der Waals surface area (Å²) in [6.07, 6.45) is 10.3. The van der Waals surface area contributed by atoms with Crippen LogP contribution in [0.4, 0.5) is 0 Å². The van der Waals surface area contributed by atoms with Crippen LogP contribution in [-0.4, -0.2) is 17.7 Å². The molecule has 1 heterocycles. The topological polar surface area (TPSA) is 52.6 Å². The molecule has 1 fully saturated rings. The third-order valence-corrected chi connectivity index (χ3v) is 4.66. The Kier molecular flexibility index (Phi) is 7.01. The van der Waals surface area contributed by atoms with Crippen LogP contribution in [0, 0.1) is 5.41 Å². The van der Waals surface area contributed by atoms with Crippen LogP contribution in [0.5, 0.6) is 0 Å². The van der Waals surface area contributed by atoms with Crippen LogP contribution in [0.15, 0.2) is 42.5 Å². The number of allylic oxidation sites excluding steroid dienone is 2. The van der Waals surface area contributed by atoms with Gasteiger partial charge in [-0.25, -0.2) is 0 Å². The van der Waals surface area contributed by atoms with Gasteiger partial charge < -0.3 is 9.47 Å². The van der Waals surface area contributed by atoms with Crippen molar-refractivity contribution in [2.75, 3.05) is 0 Å². The van der Waals surface area contributed by atoms with Crippen molar-refractivity contribution in [2.24, 2.45) is 5.41 Å². The summed E-state index contributed by atoms with van der Waals surface area (Å²) in [5, 5.41) is 0. The molecule has 1 saturated heterocycles. The SMILES string of the molecule is CCCCCC/C=C/CC1(Cc2ccccc2)C(=O)OC(C)(C)OC1=O. The predicted molar refractivity (Wildman–Crippen MR) is 101 cm³/mol. The van der Waals surface area contributed by atoms with E-state index in [9.17, 15) is 9.59 Å². The molecule has 4 nitrogen and oxygen atoms in total. The lowest BCUT2D eigenvalue weighted by atomic mass is 9.77. The summed E-state index contributed by atoms with van der Waals surface area (Å²) in [6, 6.07) is 9.53. The van der Waals surface area contributed by atoms with E-state index in [4.69, 9.17) is 9.47 Å². The molecule has 0 aromatic heterocycles. The van der Waals surface area contributed by atoms with Gasteiger partial charge in [-0.3, -0.25) is 9.59 Å². The summed E-state index contributed by atoms with van der Waals surface area (Å²) in [5.74, 6) is -2.21. The van der Waals surface area contributed by atoms with Gasteiger partial charge in [0.2, 0.25) is 0 Å². The zero-order chi connectivity index (χ0) is 19.0. The second kappa shape index (κ2) is 9.02. The minimum atomic E-state index is -1.31. The Morgan fingerprint density at radius 1 is 0.923 bits per heavy atom. The number of esters is 2. The molecule has 0 radical (unpaired) electrons. The average Bonchev–Trinajstić information content (AvgIpc) is 2.58. The molecule has 26 heavy (non-hydrogen) atoms. The van der Waals surface area contributed by atoms with Crippen molar-refractivity contribution >= 4 is 11.9 Å². The van der Waals surface area contributed by atoms with E-state index in [1.54, 1.807) is 13.8 Å². The molecule has 0 bridgehead atoms.